The first-order valence-electron chi connectivity index (χ1n) is 6.65. The molecule has 0 radical (unpaired) electrons. The third kappa shape index (κ3) is 3.47. The molecule has 0 aromatic heterocycles. The van der Waals surface area contributed by atoms with Crippen LogP contribution in [0.25, 0.3) is 0 Å². The van der Waals surface area contributed by atoms with Gasteiger partial charge in [0.25, 0.3) is 0 Å². The maximum absolute atomic E-state index is 9.44. The van der Waals surface area contributed by atoms with Crippen molar-refractivity contribution in [2.45, 2.75) is 33.2 Å². The normalized spacial score (nSPS) is 18.8. The largest absolute Gasteiger partial charge is 0.508 e. The van der Waals surface area contributed by atoms with Crippen LogP contribution in [-0.4, -0.2) is 23.1 Å². The lowest BCUT2D eigenvalue weighted by Crippen LogP contribution is -2.34. The van der Waals surface area contributed by atoms with Crippen molar-refractivity contribution in [3.63, 3.8) is 0 Å². The molecule has 2 rings (SSSR count). The third-order valence-electron chi connectivity index (χ3n) is 3.89. The van der Waals surface area contributed by atoms with Gasteiger partial charge in [-0.15, -0.1) is 0 Å². The van der Waals surface area contributed by atoms with Crippen LogP contribution in [0, 0.1) is 11.8 Å². The first-order valence-corrected chi connectivity index (χ1v) is 6.65. The zero-order valence-electron chi connectivity index (χ0n) is 10.9. The molecular weight excluding hydrogens is 210 g/mol. The number of hydrogen-bond acceptors (Lipinski definition) is 2. The van der Waals surface area contributed by atoms with Gasteiger partial charge in [-0.1, -0.05) is 26.0 Å². The number of aromatic hydroxyl groups is 1. The minimum absolute atomic E-state index is 0.375. The van der Waals surface area contributed by atoms with Gasteiger partial charge in [-0.2, -0.15) is 0 Å². The summed E-state index contributed by atoms with van der Waals surface area (Å²) >= 11 is 0. The summed E-state index contributed by atoms with van der Waals surface area (Å²) in [5.41, 5.74) is 1.22. The third-order valence-corrected chi connectivity index (χ3v) is 3.89. The number of piperidine rings is 1. The quantitative estimate of drug-likeness (QED) is 0.866. The molecule has 0 amide bonds. The highest BCUT2D eigenvalue weighted by atomic mass is 16.3. The van der Waals surface area contributed by atoms with Gasteiger partial charge in [0.05, 0.1) is 0 Å². The summed E-state index contributed by atoms with van der Waals surface area (Å²) in [5.74, 6) is 2.09. The lowest BCUT2D eigenvalue weighted by molar-refractivity contribution is 0.152. The van der Waals surface area contributed by atoms with E-state index in [-0.39, 0.29) is 0 Å². The van der Waals surface area contributed by atoms with E-state index in [0.717, 1.165) is 18.4 Å². The zero-order valence-corrected chi connectivity index (χ0v) is 10.9. The maximum atomic E-state index is 9.44. The molecule has 0 aliphatic carbocycles. The molecule has 1 aliphatic rings. The summed E-state index contributed by atoms with van der Waals surface area (Å²) < 4.78 is 0. The fourth-order valence-corrected chi connectivity index (χ4v) is 2.69. The van der Waals surface area contributed by atoms with Gasteiger partial charge in [0.2, 0.25) is 0 Å². The lowest BCUT2D eigenvalue weighted by Gasteiger charge is -2.33. The van der Waals surface area contributed by atoms with Crippen LogP contribution in [0.2, 0.25) is 0 Å². The van der Waals surface area contributed by atoms with Crippen LogP contribution in [0.15, 0.2) is 24.3 Å². The summed E-state index contributed by atoms with van der Waals surface area (Å²) in [7, 11) is 0. The van der Waals surface area contributed by atoms with Crippen LogP contribution in [-0.2, 0) is 6.54 Å². The predicted octanol–water partition coefficient (Wildman–Crippen LogP) is 3.26. The molecule has 17 heavy (non-hydrogen) atoms. The fourth-order valence-electron chi connectivity index (χ4n) is 2.69. The molecule has 1 heterocycles. The van der Waals surface area contributed by atoms with Gasteiger partial charge in [-0.25, -0.2) is 0 Å². The van der Waals surface area contributed by atoms with E-state index in [9.17, 15) is 5.11 Å². The van der Waals surface area contributed by atoms with Crippen LogP contribution in [0.5, 0.6) is 5.75 Å². The number of likely N-dealkylation sites (tertiary alicyclic amines) is 1. The molecule has 0 unspecified atom stereocenters. The van der Waals surface area contributed by atoms with E-state index < -0.39 is 0 Å². The van der Waals surface area contributed by atoms with E-state index in [0.29, 0.717) is 5.75 Å². The molecule has 0 atom stereocenters. The Labute approximate surface area is 104 Å². The van der Waals surface area contributed by atoms with Crippen LogP contribution in [0.4, 0.5) is 0 Å². The molecule has 1 aromatic rings. The highest BCUT2D eigenvalue weighted by molar-refractivity contribution is 5.27. The Bertz CT molecular complexity index is 354. The standard InChI is InChI=1S/C15H23NO/c1-12(2)14-6-8-16(9-7-14)11-13-4-3-5-15(17)10-13/h3-5,10,12,14,17H,6-9,11H2,1-2H3. The van der Waals surface area contributed by atoms with E-state index in [1.165, 1.54) is 31.5 Å². The van der Waals surface area contributed by atoms with Crippen molar-refractivity contribution < 1.29 is 5.11 Å². The van der Waals surface area contributed by atoms with E-state index in [2.05, 4.69) is 24.8 Å². The number of phenols is 1. The van der Waals surface area contributed by atoms with Crippen LogP contribution < -0.4 is 0 Å². The summed E-state index contributed by atoms with van der Waals surface area (Å²) in [6, 6.07) is 7.61. The molecule has 1 aliphatic heterocycles. The smallest absolute Gasteiger partial charge is 0.115 e. The Balaban J connectivity index is 1.86. The minimum atomic E-state index is 0.375. The molecule has 0 bridgehead atoms. The molecule has 2 heteroatoms. The van der Waals surface area contributed by atoms with Crippen molar-refractivity contribution in [3.05, 3.63) is 29.8 Å². The molecule has 1 fully saturated rings. The van der Waals surface area contributed by atoms with E-state index in [4.69, 9.17) is 0 Å². The average Bonchev–Trinajstić information content (AvgIpc) is 2.29. The molecule has 2 nitrogen and oxygen atoms in total. The number of nitrogens with zero attached hydrogens (tertiary/aromatic N) is 1. The van der Waals surface area contributed by atoms with Gasteiger partial charge in [0.15, 0.2) is 0 Å². The van der Waals surface area contributed by atoms with Crippen molar-refractivity contribution >= 4 is 0 Å². The summed E-state index contributed by atoms with van der Waals surface area (Å²) in [5, 5.41) is 9.44. The Hall–Kier alpha value is -1.02. The topological polar surface area (TPSA) is 23.5 Å². The summed E-state index contributed by atoms with van der Waals surface area (Å²) in [6.45, 7) is 8.02. The monoisotopic (exact) mass is 233 g/mol. The number of rotatable bonds is 3. The second kappa shape index (κ2) is 5.54. The molecular formula is C15H23NO. The Morgan fingerprint density at radius 2 is 2.00 bits per heavy atom. The lowest BCUT2D eigenvalue weighted by atomic mass is 9.86. The zero-order chi connectivity index (χ0) is 12.3. The van der Waals surface area contributed by atoms with Gasteiger partial charge >= 0.3 is 0 Å². The fraction of sp³-hybridized carbons (Fsp3) is 0.600. The van der Waals surface area contributed by atoms with Crippen molar-refractivity contribution in [3.8, 4) is 5.75 Å². The van der Waals surface area contributed by atoms with Gasteiger partial charge in [0.1, 0.15) is 5.75 Å². The van der Waals surface area contributed by atoms with Crippen LogP contribution in [0.3, 0.4) is 0 Å². The van der Waals surface area contributed by atoms with E-state index in [1.54, 1.807) is 6.07 Å². The van der Waals surface area contributed by atoms with Crippen molar-refractivity contribution in [2.75, 3.05) is 13.1 Å². The second-order valence-electron chi connectivity index (χ2n) is 5.53. The predicted molar refractivity (Wildman–Crippen MR) is 70.9 cm³/mol. The van der Waals surface area contributed by atoms with Gasteiger partial charge < -0.3 is 5.11 Å². The first kappa shape index (κ1) is 12.4. The molecule has 1 N–H and O–H groups in total. The van der Waals surface area contributed by atoms with Crippen molar-refractivity contribution in [2.24, 2.45) is 11.8 Å². The Morgan fingerprint density at radius 3 is 2.59 bits per heavy atom. The molecule has 1 aromatic carbocycles. The van der Waals surface area contributed by atoms with Crippen molar-refractivity contribution in [1.82, 2.24) is 4.90 Å². The molecule has 0 saturated carbocycles. The van der Waals surface area contributed by atoms with Gasteiger partial charge in [-0.05, 0) is 55.5 Å². The molecule has 1 saturated heterocycles. The summed E-state index contributed by atoms with van der Waals surface area (Å²) in [6.07, 6.45) is 2.63. The highest BCUT2D eigenvalue weighted by Crippen LogP contribution is 2.25. The molecule has 94 valence electrons. The number of hydrogen-bond donors (Lipinski definition) is 1. The highest BCUT2D eigenvalue weighted by Gasteiger charge is 2.21. The van der Waals surface area contributed by atoms with Crippen molar-refractivity contribution in [1.29, 1.82) is 0 Å². The average molecular weight is 233 g/mol. The van der Waals surface area contributed by atoms with Crippen LogP contribution >= 0.6 is 0 Å². The maximum Gasteiger partial charge on any atom is 0.115 e. The first-order chi connectivity index (χ1) is 8.15. The summed E-state index contributed by atoms with van der Waals surface area (Å²) in [4.78, 5) is 2.49. The second-order valence-corrected chi connectivity index (χ2v) is 5.53. The number of phenolic OH excluding ortho intramolecular Hbond substituents is 1. The molecule has 0 spiro atoms. The van der Waals surface area contributed by atoms with Crippen LogP contribution in [0.1, 0.15) is 32.3 Å². The minimum Gasteiger partial charge on any atom is -0.508 e. The SMILES string of the molecule is CC(C)C1CCN(Cc2cccc(O)c2)CC1. The van der Waals surface area contributed by atoms with E-state index >= 15 is 0 Å². The van der Waals surface area contributed by atoms with Gasteiger partial charge in [-0.3, -0.25) is 4.90 Å². The number of benzene rings is 1. The van der Waals surface area contributed by atoms with E-state index in [1.807, 2.05) is 12.1 Å². The van der Waals surface area contributed by atoms with Gasteiger partial charge in [0, 0.05) is 6.54 Å². The Kier molecular flexibility index (Phi) is 4.06. The Morgan fingerprint density at radius 1 is 1.29 bits per heavy atom.